The molecule has 0 radical (unpaired) electrons. The quantitative estimate of drug-likeness (QED) is 0.164. The van der Waals surface area contributed by atoms with Crippen LogP contribution in [-0.4, -0.2) is 6.71 Å². The number of benzene rings is 7. The molecule has 0 bridgehead atoms. The molecule has 0 unspecified atom stereocenters. The highest BCUT2D eigenvalue weighted by molar-refractivity contribution is 7.00. The van der Waals surface area contributed by atoms with Crippen molar-refractivity contribution in [2.75, 3.05) is 9.80 Å². The van der Waals surface area contributed by atoms with Crippen LogP contribution < -0.4 is 26.4 Å². The molecule has 0 fully saturated rings. The number of fused-ring (bicyclic) bond motifs is 7. The van der Waals surface area contributed by atoms with E-state index < -0.39 is 0 Å². The van der Waals surface area contributed by atoms with Crippen LogP contribution in [0.15, 0.2) is 144 Å². The Balaban J connectivity index is 1.30. The molecular weight excluding hydrogens is 836 g/mol. The molecule has 3 nitrogen and oxygen atoms in total. The lowest BCUT2D eigenvalue weighted by Gasteiger charge is -2.44. The Morgan fingerprint density at radius 1 is 0.493 bits per heavy atom. The summed E-state index contributed by atoms with van der Waals surface area (Å²) < 4.78 is 7.63. The molecule has 3 heterocycles. The number of hydrogen-bond donors (Lipinski definition) is 0. The van der Waals surface area contributed by atoms with Gasteiger partial charge in [0, 0.05) is 39.3 Å². The average molecular weight is 905 g/mol. The maximum Gasteiger partial charge on any atom is 0.297 e. The molecule has 0 saturated heterocycles. The van der Waals surface area contributed by atoms with Gasteiger partial charge in [0.1, 0.15) is 5.58 Å². The van der Waals surface area contributed by atoms with Crippen molar-refractivity contribution >= 4 is 68.4 Å². The third-order valence-electron chi connectivity index (χ3n) is 16.0. The highest BCUT2D eigenvalue weighted by Gasteiger charge is 2.49. The van der Waals surface area contributed by atoms with E-state index in [1.54, 1.807) is 0 Å². The van der Waals surface area contributed by atoms with E-state index in [2.05, 4.69) is 246 Å². The second-order valence-electron chi connectivity index (χ2n) is 25.0. The van der Waals surface area contributed by atoms with E-state index in [9.17, 15) is 0 Å². The van der Waals surface area contributed by atoms with E-state index >= 15 is 0 Å². The Morgan fingerprint density at radius 3 is 1.54 bits per heavy atom. The lowest BCUT2D eigenvalue weighted by molar-refractivity contribution is 0.332. The van der Waals surface area contributed by atoms with Crippen molar-refractivity contribution in [1.82, 2.24) is 0 Å². The van der Waals surface area contributed by atoms with Crippen LogP contribution in [0, 0.1) is 6.92 Å². The maximum absolute atomic E-state index is 7.63. The molecule has 0 amide bonds. The molecule has 7 aromatic carbocycles. The third-order valence-corrected chi connectivity index (χ3v) is 16.0. The molecule has 0 spiro atoms. The van der Waals surface area contributed by atoms with Gasteiger partial charge >= 0.3 is 0 Å². The molecular formula is C65H69BN2O. The van der Waals surface area contributed by atoms with Crippen LogP contribution in [0.2, 0.25) is 0 Å². The second-order valence-corrected chi connectivity index (χ2v) is 25.0. The summed E-state index contributed by atoms with van der Waals surface area (Å²) in [7, 11) is 0. The van der Waals surface area contributed by atoms with Gasteiger partial charge < -0.3 is 14.2 Å². The summed E-state index contributed by atoms with van der Waals surface area (Å²) in [6, 6.07) is 53.6. The molecule has 11 rings (SSSR count). The predicted octanol–water partition coefficient (Wildman–Crippen LogP) is 16.4. The molecule has 1 aliphatic carbocycles. The molecule has 8 aromatic rings. The normalized spacial score (nSPS) is 16.0. The van der Waals surface area contributed by atoms with Crippen molar-refractivity contribution in [3.8, 4) is 22.3 Å². The summed E-state index contributed by atoms with van der Waals surface area (Å²) in [5.41, 5.74) is 24.3. The van der Waals surface area contributed by atoms with Crippen molar-refractivity contribution in [1.29, 1.82) is 0 Å². The number of anilines is 6. The van der Waals surface area contributed by atoms with Gasteiger partial charge in [-0.15, -0.1) is 0 Å². The fourth-order valence-corrected chi connectivity index (χ4v) is 11.8. The van der Waals surface area contributed by atoms with Gasteiger partial charge in [-0.05, 0) is 157 Å². The Hall–Kier alpha value is -6.26. The van der Waals surface area contributed by atoms with Gasteiger partial charge in [0.05, 0.1) is 17.0 Å². The summed E-state index contributed by atoms with van der Waals surface area (Å²) in [6.07, 6.45) is 2.29. The number of nitrogens with zero attached hydrogens (tertiary/aromatic N) is 2. The summed E-state index contributed by atoms with van der Waals surface area (Å²) >= 11 is 0. The minimum atomic E-state index is -0.163. The smallest absolute Gasteiger partial charge is 0.297 e. The van der Waals surface area contributed by atoms with Gasteiger partial charge in [0.15, 0.2) is 0 Å². The van der Waals surface area contributed by atoms with Crippen molar-refractivity contribution in [3.05, 3.63) is 173 Å². The first-order chi connectivity index (χ1) is 32.5. The lowest BCUT2D eigenvalue weighted by atomic mass is 9.35. The van der Waals surface area contributed by atoms with Crippen molar-refractivity contribution in [2.24, 2.45) is 0 Å². The molecule has 3 aliphatic rings. The van der Waals surface area contributed by atoms with E-state index in [4.69, 9.17) is 4.42 Å². The molecule has 2 aliphatic heterocycles. The summed E-state index contributed by atoms with van der Waals surface area (Å²) in [6.45, 7) is 32.8. The Labute approximate surface area is 412 Å². The average Bonchev–Trinajstić information content (AvgIpc) is 3.67. The van der Waals surface area contributed by atoms with Gasteiger partial charge in [-0.1, -0.05) is 175 Å². The SMILES string of the molecule is Cc1cc2c3c(c1)N(c1ccc(C(C)(C)C)cc1)c1c(oc4cc5c(cc14)C(C)(C)CCC5(C)C)B3c1cc(C(C)(C)C)ccc1N2c1c(-c2ccccc2)cc(C(C)(C)C)cc1-c1ccccc1. The van der Waals surface area contributed by atoms with Gasteiger partial charge in [-0.25, -0.2) is 0 Å². The van der Waals surface area contributed by atoms with Crippen LogP contribution in [0.5, 0.6) is 0 Å². The van der Waals surface area contributed by atoms with Gasteiger partial charge in [0.2, 0.25) is 0 Å². The predicted molar refractivity (Wildman–Crippen MR) is 297 cm³/mol. The zero-order chi connectivity index (χ0) is 48.7. The van der Waals surface area contributed by atoms with Crippen molar-refractivity contribution in [3.63, 3.8) is 0 Å². The third kappa shape index (κ3) is 7.30. The molecule has 69 heavy (non-hydrogen) atoms. The number of hydrogen-bond acceptors (Lipinski definition) is 3. The fraction of sp³-hybridized carbons (Fsp3) is 0.323. The molecule has 348 valence electrons. The minimum absolute atomic E-state index is 0.0173. The second kappa shape index (κ2) is 15.4. The highest BCUT2D eigenvalue weighted by Crippen LogP contribution is 2.54. The first-order valence-corrected chi connectivity index (χ1v) is 25.4. The minimum Gasteiger partial charge on any atom is -0.468 e. The highest BCUT2D eigenvalue weighted by atomic mass is 16.3. The summed E-state index contributed by atoms with van der Waals surface area (Å²) in [5.74, 6) is 0. The number of rotatable bonds is 4. The summed E-state index contributed by atoms with van der Waals surface area (Å²) in [5, 5.41) is 1.19. The van der Waals surface area contributed by atoms with E-state index in [-0.39, 0.29) is 33.8 Å². The van der Waals surface area contributed by atoms with Crippen LogP contribution in [0.1, 0.15) is 136 Å². The van der Waals surface area contributed by atoms with Crippen LogP contribution in [0.25, 0.3) is 33.2 Å². The van der Waals surface area contributed by atoms with E-state index in [1.807, 2.05) is 0 Å². The van der Waals surface area contributed by atoms with Crippen LogP contribution >= 0.6 is 0 Å². The van der Waals surface area contributed by atoms with Gasteiger partial charge in [0.25, 0.3) is 6.71 Å². The fourth-order valence-electron chi connectivity index (χ4n) is 11.8. The maximum atomic E-state index is 7.63. The van der Waals surface area contributed by atoms with Crippen molar-refractivity contribution in [2.45, 2.75) is 137 Å². The summed E-state index contributed by atoms with van der Waals surface area (Å²) in [4.78, 5) is 5.21. The first kappa shape index (κ1) is 45.2. The molecule has 1 aromatic heterocycles. The number of furan rings is 1. The molecule has 0 saturated carbocycles. The molecule has 0 atom stereocenters. The monoisotopic (exact) mass is 905 g/mol. The van der Waals surface area contributed by atoms with E-state index in [0.717, 1.165) is 35.5 Å². The van der Waals surface area contributed by atoms with Crippen LogP contribution in [0.4, 0.5) is 34.1 Å². The lowest BCUT2D eigenvalue weighted by Crippen LogP contribution is -2.61. The van der Waals surface area contributed by atoms with Crippen LogP contribution in [-0.2, 0) is 27.1 Å². The zero-order valence-electron chi connectivity index (χ0n) is 43.6. The van der Waals surface area contributed by atoms with E-state index in [0.29, 0.717) is 0 Å². The van der Waals surface area contributed by atoms with E-state index in [1.165, 1.54) is 94.7 Å². The first-order valence-electron chi connectivity index (χ1n) is 25.4. The Kier molecular flexibility index (Phi) is 10.1. The topological polar surface area (TPSA) is 19.6 Å². The van der Waals surface area contributed by atoms with Crippen LogP contribution in [0.3, 0.4) is 0 Å². The largest absolute Gasteiger partial charge is 0.468 e. The van der Waals surface area contributed by atoms with Gasteiger partial charge in [-0.2, -0.15) is 0 Å². The standard InChI is InChI=1S/C65H69BN2O/c1-40-33-54-57-55(34-40)68(58-47(41-21-17-15-18-22-41)35-45(63(8,9)10)36-48(58)42-23-19-16-20-24-42)53-30-27-44(62(5,6)7)37-52(53)66(57)60-59(67(54)46-28-25-43(26-29-46)61(2,3)4)49-38-50-51(39-56(49)69-60)65(13,14)32-31-64(50,11)12/h15-30,33-39H,31-32H2,1-14H3. The number of aryl methyl sites for hydroxylation is 1. The Morgan fingerprint density at radius 2 is 1.00 bits per heavy atom. The zero-order valence-corrected chi connectivity index (χ0v) is 43.6. The molecule has 0 N–H and O–H groups in total. The Bertz CT molecular complexity index is 3270. The van der Waals surface area contributed by atoms with Crippen molar-refractivity contribution < 1.29 is 4.42 Å². The molecule has 4 heteroatoms. The van der Waals surface area contributed by atoms with Gasteiger partial charge in [-0.3, -0.25) is 0 Å².